The summed E-state index contributed by atoms with van der Waals surface area (Å²) in [7, 11) is 0. The second kappa shape index (κ2) is 7.16. The van der Waals surface area contributed by atoms with Gasteiger partial charge in [0.15, 0.2) is 5.60 Å². The minimum absolute atomic E-state index is 0.0600. The van der Waals surface area contributed by atoms with Crippen LogP contribution in [0.3, 0.4) is 0 Å². The molecule has 0 bridgehead atoms. The van der Waals surface area contributed by atoms with Crippen molar-refractivity contribution in [3.05, 3.63) is 71.8 Å². The standard InChI is InChI=1S/C20H23NO3/c22-18-13-7-8-15(18)14-21-19(23)20(24,16-9-3-1-4-10-16)17-11-5-2-6-12-17/h1-6,9-12,15,18,22,24H,7-8,13-14H2,(H,21,23). The van der Waals surface area contributed by atoms with Gasteiger partial charge in [0.1, 0.15) is 0 Å². The fourth-order valence-electron chi connectivity index (χ4n) is 3.39. The molecule has 1 aliphatic carbocycles. The van der Waals surface area contributed by atoms with Gasteiger partial charge in [-0.3, -0.25) is 4.79 Å². The van der Waals surface area contributed by atoms with E-state index in [1.807, 2.05) is 12.1 Å². The molecule has 0 heterocycles. The fourth-order valence-corrected chi connectivity index (χ4v) is 3.39. The molecule has 2 aromatic carbocycles. The van der Waals surface area contributed by atoms with Crippen LogP contribution in [-0.4, -0.2) is 28.8 Å². The van der Waals surface area contributed by atoms with E-state index in [2.05, 4.69) is 5.32 Å². The first-order chi connectivity index (χ1) is 11.6. The largest absolute Gasteiger partial charge is 0.393 e. The molecule has 2 aromatic rings. The van der Waals surface area contributed by atoms with Crippen LogP contribution in [0.15, 0.2) is 60.7 Å². The van der Waals surface area contributed by atoms with Crippen molar-refractivity contribution in [3.8, 4) is 0 Å². The van der Waals surface area contributed by atoms with Gasteiger partial charge in [-0.15, -0.1) is 0 Å². The average Bonchev–Trinajstić information content (AvgIpc) is 3.05. The first kappa shape index (κ1) is 16.7. The molecule has 0 saturated heterocycles. The predicted molar refractivity (Wildman–Crippen MR) is 92.2 cm³/mol. The molecule has 2 unspecified atom stereocenters. The lowest BCUT2D eigenvalue weighted by Gasteiger charge is -2.29. The van der Waals surface area contributed by atoms with Crippen molar-refractivity contribution in [2.45, 2.75) is 31.0 Å². The molecule has 2 atom stereocenters. The van der Waals surface area contributed by atoms with Crippen molar-refractivity contribution in [1.82, 2.24) is 5.32 Å². The molecule has 0 radical (unpaired) electrons. The van der Waals surface area contributed by atoms with E-state index in [0.29, 0.717) is 17.7 Å². The number of benzene rings is 2. The third kappa shape index (κ3) is 3.21. The Balaban J connectivity index is 1.86. The van der Waals surface area contributed by atoms with Crippen molar-refractivity contribution in [2.24, 2.45) is 5.92 Å². The van der Waals surface area contributed by atoms with Crippen molar-refractivity contribution >= 4 is 5.91 Å². The molecule has 4 heteroatoms. The quantitative estimate of drug-likeness (QED) is 0.789. The maximum Gasteiger partial charge on any atom is 0.261 e. The Bertz CT molecular complexity index is 632. The normalized spacial score (nSPS) is 20.8. The van der Waals surface area contributed by atoms with Crippen LogP contribution < -0.4 is 5.32 Å². The van der Waals surface area contributed by atoms with Crippen LogP contribution in [0.1, 0.15) is 30.4 Å². The maximum atomic E-state index is 12.9. The number of hydrogen-bond acceptors (Lipinski definition) is 3. The summed E-state index contributed by atoms with van der Waals surface area (Å²) in [5.41, 5.74) is -0.687. The summed E-state index contributed by atoms with van der Waals surface area (Å²) in [4.78, 5) is 12.9. The third-order valence-corrected chi connectivity index (χ3v) is 4.86. The van der Waals surface area contributed by atoms with Crippen LogP contribution in [0.5, 0.6) is 0 Å². The van der Waals surface area contributed by atoms with E-state index in [0.717, 1.165) is 19.3 Å². The molecule has 0 spiro atoms. The molecule has 1 saturated carbocycles. The van der Waals surface area contributed by atoms with Gasteiger partial charge < -0.3 is 15.5 Å². The molecule has 4 nitrogen and oxygen atoms in total. The molecular weight excluding hydrogens is 302 g/mol. The molecule has 126 valence electrons. The molecule has 3 rings (SSSR count). The van der Waals surface area contributed by atoms with Gasteiger partial charge in [0.05, 0.1) is 6.10 Å². The van der Waals surface area contributed by atoms with Crippen LogP contribution in [-0.2, 0) is 10.4 Å². The average molecular weight is 325 g/mol. The van der Waals surface area contributed by atoms with Gasteiger partial charge in [-0.1, -0.05) is 67.1 Å². The Hall–Kier alpha value is -2.17. The summed E-state index contributed by atoms with van der Waals surface area (Å²) in [6, 6.07) is 17.9. The van der Waals surface area contributed by atoms with Gasteiger partial charge in [-0.2, -0.15) is 0 Å². The number of aliphatic hydroxyl groups is 2. The minimum atomic E-state index is -1.74. The zero-order valence-electron chi connectivity index (χ0n) is 13.6. The number of carbonyl (C=O) groups excluding carboxylic acids is 1. The van der Waals surface area contributed by atoms with Crippen molar-refractivity contribution in [3.63, 3.8) is 0 Å². The second-order valence-electron chi connectivity index (χ2n) is 6.41. The highest BCUT2D eigenvalue weighted by atomic mass is 16.3. The van der Waals surface area contributed by atoms with E-state index < -0.39 is 11.5 Å². The summed E-state index contributed by atoms with van der Waals surface area (Å²) in [6.45, 7) is 0.377. The Kier molecular flexibility index (Phi) is 4.97. The number of hydrogen-bond donors (Lipinski definition) is 3. The number of aliphatic hydroxyl groups excluding tert-OH is 1. The van der Waals surface area contributed by atoms with Crippen molar-refractivity contribution in [2.75, 3.05) is 6.54 Å². The highest BCUT2D eigenvalue weighted by Gasteiger charge is 2.40. The first-order valence-corrected chi connectivity index (χ1v) is 8.42. The highest BCUT2D eigenvalue weighted by molar-refractivity contribution is 5.90. The van der Waals surface area contributed by atoms with Crippen molar-refractivity contribution in [1.29, 1.82) is 0 Å². The third-order valence-electron chi connectivity index (χ3n) is 4.86. The van der Waals surface area contributed by atoms with E-state index in [1.54, 1.807) is 48.5 Å². The smallest absolute Gasteiger partial charge is 0.261 e. The zero-order chi connectivity index (χ0) is 17.0. The molecule has 1 amide bonds. The SMILES string of the molecule is O=C(NCC1CCCC1O)C(O)(c1ccccc1)c1ccccc1. The van der Waals surface area contributed by atoms with E-state index in [1.165, 1.54) is 0 Å². The Labute approximate surface area is 142 Å². The van der Waals surface area contributed by atoms with Gasteiger partial charge in [-0.05, 0) is 24.0 Å². The first-order valence-electron chi connectivity index (χ1n) is 8.42. The molecule has 3 N–H and O–H groups in total. The molecule has 0 aromatic heterocycles. The summed E-state index contributed by atoms with van der Waals surface area (Å²) in [6.07, 6.45) is 2.29. The lowest BCUT2D eigenvalue weighted by molar-refractivity contribution is -0.137. The fraction of sp³-hybridized carbons (Fsp3) is 0.350. The minimum Gasteiger partial charge on any atom is -0.393 e. The summed E-state index contributed by atoms with van der Waals surface area (Å²) in [5, 5.41) is 24.1. The van der Waals surface area contributed by atoms with Gasteiger partial charge in [0.25, 0.3) is 5.91 Å². The summed E-state index contributed by atoms with van der Waals surface area (Å²) in [5.74, 6) is -0.399. The van der Waals surface area contributed by atoms with E-state index in [9.17, 15) is 15.0 Å². The van der Waals surface area contributed by atoms with Crippen LogP contribution in [0.25, 0.3) is 0 Å². The lowest BCUT2D eigenvalue weighted by atomic mass is 9.85. The molecule has 24 heavy (non-hydrogen) atoms. The van der Waals surface area contributed by atoms with E-state index >= 15 is 0 Å². The van der Waals surface area contributed by atoms with Crippen LogP contribution in [0.4, 0.5) is 0 Å². The van der Waals surface area contributed by atoms with Crippen LogP contribution in [0, 0.1) is 5.92 Å². The van der Waals surface area contributed by atoms with Gasteiger partial charge in [0, 0.05) is 12.5 Å². The topological polar surface area (TPSA) is 69.6 Å². The van der Waals surface area contributed by atoms with Crippen LogP contribution >= 0.6 is 0 Å². The maximum absolute atomic E-state index is 12.9. The Morgan fingerprint density at radius 3 is 2.00 bits per heavy atom. The molecule has 1 aliphatic rings. The van der Waals surface area contributed by atoms with E-state index in [-0.39, 0.29) is 12.0 Å². The summed E-state index contributed by atoms with van der Waals surface area (Å²) >= 11 is 0. The van der Waals surface area contributed by atoms with E-state index in [4.69, 9.17) is 0 Å². The number of rotatable bonds is 5. The lowest BCUT2D eigenvalue weighted by Crippen LogP contribution is -2.47. The highest BCUT2D eigenvalue weighted by Crippen LogP contribution is 2.30. The monoisotopic (exact) mass is 325 g/mol. The number of nitrogens with one attached hydrogen (secondary N) is 1. The van der Waals surface area contributed by atoms with Crippen molar-refractivity contribution < 1.29 is 15.0 Å². The molecule has 0 aliphatic heterocycles. The molecular formula is C20H23NO3. The summed E-state index contributed by atoms with van der Waals surface area (Å²) < 4.78 is 0. The Morgan fingerprint density at radius 1 is 1.00 bits per heavy atom. The van der Waals surface area contributed by atoms with Gasteiger partial charge in [0.2, 0.25) is 0 Å². The Morgan fingerprint density at radius 2 is 1.54 bits per heavy atom. The van der Waals surface area contributed by atoms with Gasteiger partial charge in [-0.25, -0.2) is 0 Å². The predicted octanol–water partition coefficient (Wildman–Crippen LogP) is 2.20. The number of amides is 1. The van der Waals surface area contributed by atoms with Crippen LogP contribution in [0.2, 0.25) is 0 Å². The zero-order valence-corrected chi connectivity index (χ0v) is 13.6. The number of carbonyl (C=O) groups is 1. The second-order valence-corrected chi connectivity index (χ2v) is 6.41. The van der Waals surface area contributed by atoms with Gasteiger partial charge >= 0.3 is 0 Å². The molecule has 1 fully saturated rings.